The summed E-state index contributed by atoms with van der Waals surface area (Å²) in [5, 5.41) is 12.3. The van der Waals surface area contributed by atoms with E-state index >= 15 is 0 Å². The smallest absolute Gasteiger partial charge is 0.306 e. The Labute approximate surface area is 313 Å². The molecule has 0 bridgehead atoms. The minimum Gasteiger partial charge on any atom is -0.596 e. The summed E-state index contributed by atoms with van der Waals surface area (Å²) in [5.41, 5.74) is 0. The predicted octanol–water partition coefficient (Wildman–Crippen LogP) is 10.4. The first-order valence-corrected chi connectivity index (χ1v) is 21.6. The molecule has 0 spiro atoms. The molecule has 1 unspecified atom stereocenters. The molecule has 1 aliphatic heterocycles. The van der Waals surface area contributed by atoms with E-state index < -0.39 is 12.2 Å². The summed E-state index contributed by atoms with van der Waals surface area (Å²) in [5.74, 6) is -0.655. The van der Waals surface area contributed by atoms with Gasteiger partial charge in [-0.05, 0) is 45.1 Å². The predicted molar refractivity (Wildman–Crippen MR) is 210 cm³/mol. The molecule has 0 N–H and O–H groups in total. The Kier molecular flexibility index (Phi) is 32.2. The highest BCUT2D eigenvalue weighted by Crippen LogP contribution is 2.15. The molecule has 1 saturated heterocycles. The summed E-state index contributed by atoms with van der Waals surface area (Å²) in [4.78, 5) is 31.4. The van der Waals surface area contributed by atoms with Gasteiger partial charge in [0.15, 0.2) is 0 Å². The molecule has 1 aliphatic rings. The summed E-state index contributed by atoms with van der Waals surface area (Å²) in [6.45, 7) is 8.73. The number of aliphatic imine (C=N–C) groups is 1. The van der Waals surface area contributed by atoms with Gasteiger partial charge in [-0.3, -0.25) is 19.5 Å². The Bertz CT molecular complexity index is 873. The van der Waals surface area contributed by atoms with E-state index in [4.69, 9.17) is 14.2 Å². The number of hydrogen-bond donors (Lipinski definition) is 0. The highest BCUT2D eigenvalue weighted by Gasteiger charge is 2.24. The Balaban J connectivity index is 2.24. The molecule has 1 heterocycles. The number of likely N-dealkylation sites (N-methyl/N-ethyl adjacent to an activating group) is 1. The van der Waals surface area contributed by atoms with E-state index in [-0.39, 0.29) is 31.2 Å². The number of allylic oxidation sites excluding steroid dienone is 2. The van der Waals surface area contributed by atoms with Gasteiger partial charge >= 0.3 is 11.9 Å². The average molecular weight is 720 g/mol. The Morgan fingerprint density at radius 3 is 1.49 bits per heavy atom. The highest BCUT2D eigenvalue weighted by atomic mass is 16.6. The third-order valence-corrected chi connectivity index (χ3v) is 9.92. The van der Waals surface area contributed by atoms with Gasteiger partial charge in [0.2, 0.25) is 0 Å². The lowest BCUT2D eigenvalue weighted by molar-refractivity contribution is -0.254. The van der Waals surface area contributed by atoms with Crippen LogP contribution >= 0.6 is 0 Å². The molecule has 0 radical (unpaired) electrons. The average Bonchev–Trinajstić information content (AvgIpc) is 3.11. The minimum absolute atomic E-state index is 0.0577. The van der Waals surface area contributed by atoms with Gasteiger partial charge in [0.05, 0.1) is 6.04 Å². The van der Waals surface area contributed by atoms with E-state index in [1.807, 2.05) is 0 Å². The van der Waals surface area contributed by atoms with Crippen LogP contribution in [0, 0.1) is 0 Å². The molecule has 1 fully saturated rings. The van der Waals surface area contributed by atoms with Gasteiger partial charge in [-0.15, -0.1) is 0 Å². The van der Waals surface area contributed by atoms with Crippen molar-refractivity contribution in [3.05, 3.63) is 12.2 Å². The van der Waals surface area contributed by atoms with Crippen LogP contribution < -0.4 is 5.11 Å². The standard InChI is InChI=1S/C43H80N2O6/c1-4-7-9-11-13-15-17-19-20-22-24-26-28-30-32-34-42(47)51-40(38-50-43(48)44-39-35-45(6-3)36-39)37-49-41(46)33-31-29-27-25-23-21-18-16-14-12-10-8-5-2/h19-20,39-40H,4-18,21-38H2,1-3H3,(H,44,48)/p-1/b20-19-. The second-order valence-electron chi connectivity index (χ2n) is 14.8. The zero-order chi connectivity index (χ0) is 37.0. The van der Waals surface area contributed by atoms with Gasteiger partial charge in [-0.1, -0.05) is 161 Å². The van der Waals surface area contributed by atoms with Crippen molar-refractivity contribution in [3.63, 3.8) is 0 Å². The van der Waals surface area contributed by atoms with E-state index in [1.54, 1.807) is 0 Å². The number of hydrogen-bond acceptors (Lipinski definition) is 8. The molecule has 0 aromatic carbocycles. The maximum Gasteiger partial charge on any atom is 0.306 e. The van der Waals surface area contributed by atoms with Crippen molar-refractivity contribution < 1.29 is 28.9 Å². The van der Waals surface area contributed by atoms with Crippen LogP contribution in [0.1, 0.15) is 201 Å². The van der Waals surface area contributed by atoms with Crippen molar-refractivity contribution in [2.24, 2.45) is 4.99 Å². The SMILES string of the molecule is CCCCCCCC/C=C\CCCCCCCC(=O)OC(COC(=O)CCCCCCCCCCCCCCC)COC([O-])=NC1CN(CC)C1. The van der Waals surface area contributed by atoms with Crippen molar-refractivity contribution in [3.8, 4) is 0 Å². The number of carbonyl (C=O) groups is 2. The highest BCUT2D eigenvalue weighted by molar-refractivity contribution is 5.70. The zero-order valence-electron chi connectivity index (χ0n) is 33.5. The van der Waals surface area contributed by atoms with Gasteiger partial charge in [0.25, 0.3) is 0 Å². The fraction of sp³-hybridized carbons (Fsp3) is 0.884. The summed E-state index contributed by atoms with van der Waals surface area (Å²) in [7, 11) is 0. The zero-order valence-corrected chi connectivity index (χ0v) is 33.5. The molecule has 51 heavy (non-hydrogen) atoms. The lowest BCUT2D eigenvalue weighted by Crippen LogP contribution is -2.50. The van der Waals surface area contributed by atoms with E-state index in [1.165, 1.54) is 116 Å². The first-order valence-electron chi connectivity index (χ1n) is 21.6. The fourth-order valence-electron chi connectivity index (χ4n) is 6.48. The molecule has 8 nitrogen and oxygen atoms in total. The van der Waals surface area contributed by atoms with Crippen LogP contribution in [0.2, 0.25) is 0 Å². The number of rotatable bonds is 36. The Morgan fingerprint density at radius 1 is 0.608 bits per heavy atom. The summed E-state index contributed by atoms with van der Waals surface area (Å²) >= 11 is 0. The van der Waals surface area contributed by atoms with Crippen LogP contribution in [0.5, 0.6) is 0 Å². The summed E-state index contributed by atoms with van der Waals surface area (Å²) in [6, 6.07) is -0.0577. The lowest BCUT2D eigenvalue weighted by Gasteiger charge is -2.36. The van der Waals surface area contributed by atoms with Gasteiger partial charge in [-0.25, -0.2) is 0 Å². The molecule has 0 aliphatic carbocycles. The van der Waals surface area contributed by atoms with E-state index in [2.05, 4.69) is 42.8 Å². The van der Waals surface area contributed by atoms with Gasteiger partial charge in [0, 0.05) is 32.5 Å². The second-order valence-corrected chi connectivity index (χ2v) is 14.8. The van der Waals surface area contributed by atoms with Crippen LogP contribution in [-0.2, 0) is 23.8 Å². The van der Waals surface area contributed by atoms with Crippen LogP contribution in [0.3, 0.4) is 0 Å². The molecule has 1 atom stereocenters. The molecule has 298 valence electrons. The molecule has 0 aromatic rings. The first kappa shape index (κ1) is 46.9. The third kappa shape index (κ3) is 30.1. The molecule has 0 amide bonds. The summed E-state index contributed by atoms with van der Waals surface area (Å²) < 4.78 is 16.4. The van der Waals surface area contributed by atoms with Gasteiger partial charge < -0.3 is 19.3 Å². The number of nitrogens with zero attached hydrogens (tertiary/aromatic N) is 2. The molecule has 8 heteroatoms. The van der Waals surface area contributed by atoms with Crippen LogP contribution in [-0.4, -0.2) is 67.9 Å². The lowest BCUT2D eigenvalue weighted by atomic mass is 10.0. The van der Waals surface area contributed by atoms with E-state index in [0.29, 0.717) is 12.8 Å². The Hall–Kier alpha value is -2.09. The number of carbonyl (C=O) groups excluding carboxylic acids is 2. The number of esters is 2. The normalized spacial score (nSPS) is 14.5. The molecule has 1 rings (SSSR count). The minimum atomic E-state index is -0.830. The molecule has 0 aromatic heterocycles. The molecule has 0 saturated carbocycles. The number of likely N-dealkylation sites (tertiary alicyclic amines) is 1. The second kappa shape index (κ2) is 35.0. The summed E-state index contributed by atoms with van der Waals surface area (Å²) in [6.07, 6.45) is 35.6. The Morgan fingerprint density at radius 2 is 1.02 bits per heavy atom. The maximum absolute atomic E-state index is 12.6. The van der Waals surface area contributed by atoms with Crippen LogP contribution in [0.4, 0.5) is 0 Å². The monoisotopic (exact) mass is 720 g/mol. The fourth-order valence-corrected chi connectivity index (χ4v) is 6.48. The molecular weight excluding hydrogens is 640 g/mol. The largest absolute Gasteiger partial charge is 0.596 e. The van der Waals surface area contributed by atoms with Crippen LogP contribution in [0.15, 0.2) is 17.1 Å². The third-order valence-electron chi connectivity index (χ3n) is 9.92. The van der Waals surface area contributed by atoms with Crippen molar-refractivity contribution in [1.29, 1.82) is 0 Å². The van der Waals surface area contributed by atoms with Crippen molar-refractivity contribution >= 4 is 18.0 Å². The van der Waals surface area contributed by atoms with Gasteiger partial charge in [0.1, 0.15) is 18.8 Å². The topological polar surface area (TPSA) is 100 Å². The quantitative estimate of drug-likeness (QED) is 0.0209. The first-order chi connectivity index (χ1) is 25.0. The molecular formula is C43H79N2O6-. The van der Waals surface area contributed by atoms with Crippen molar-refractivity contribution in [2.45, 2.75) is 213 Å². The van der Waals surface area contributed by atoms with E-state index in [9.17, 15) is 14.7 Å². The van der Waals surface area contributed by atoms with Crippen LogP contribution in [0.25, 0.3) is 0 Å². The maximum atomic E-state index is 12.6. The van der Waals surface area contributed by atoms with Gasteiger partial charge in [-0.2, -0.15) is 0 Å². The van der Waals surface area contributed by atoms with E-state index in [0.717, 1.165) is 71.0 Å². The number of ether oxygens (including phenoxy) is 3. The van der Waals surface area contributed by atoms with Crippen molar-refractivity contribution in [2.75, 3.05) is 32.8 Å². The van der Waals surface area contributed by atoms with Crippen molar-refractivity contribution in [1.82, 2.24) is 4.90 Å². The number of unbranched alkanes of at least 4 members (excludes halogenated alkanes) is 23.